The highest BCUT2D eigenvalue weighted by Crippen LogP contribution is 2.16. The molecule has 1 fully saturated rings. The zero-order chi connectivity index (χ0) is 18.8. The topological polar surface area (TPSA) is 74.2 Å². The summed E-state index contributed by atoms with van der Waals surface area (Å²) < 4.78 is 1.93. The van der Waals surface area contributed by atoms with Gasteiger partial charge in [0.25, 0.3) is 5.91 Å². The van der Waals surface area contributed by atoms with Crippen LogP contribution >= 0.6 is 0 Å². The third-order valence-corrected chi connectivity index (χ3v) is 5.11. The number of nitrogens with one attached hydrogen (secondary N) is 1. The fraction of sp³-hybridized carbons (Fsp3) is 0.350. The summed E-state index contributed by atoms with van der Waals surface area (Å²) in [5.41, 5.74) is 3.39. The average Bonchev–Trinajstić information content (AvgIpc) is 3.23. The van der Waals surface area contributed by atoms with Gasteiger partial charge in [-0.25, -0.2) is 4.98 Å². The van der Waals surface area contributed by atoms with Crippen LogP contribution in [0.3, 0.4) is 0 Å². The third-order valence-electron chi connectivity index (χ3n) is 5.11. The molecule has 3 heterocycles. The first-order valence-electron chi connectivity index (χ1n) is 9.22. The van der Waals surface area contributed by atoms with E-state index in [4.69, 9.17) is 0 Å². The largest absolute Gasteiger partial charge is 0.365 e. The standard InChI is InChI=1S/C20H23N5O2/c1-23-14-22-17-12-15(5-6-18(17)23)20(27)25-9-3-8-24(10-11-25)19(26)13-16-4-2-7-21-16/h2,4-7,12,14,21H,3,8-11,13H2,1H3. The van der Waals surface area contributed by atoms with E-state index in [9.17, 15) is 9.59 Å². The number of carbonyl (C=O) groups excluding carboxylic acids is 2. The number of benzene rings is 1. The summed E-state index contributed by atoms with van der Waals surface area (Å²) in [6.45, 7) is 2.46. The van der Waals surface area contributed by atoms with Gasteiger partial charge in [0.15, 0.2) is 0 Å². The van der Waals surface area contributed by atoms with Crippen molar-refractivity contribution in [2.75, 3.05) is 26.2 Å². The second-order valence-electron chi connectivity index (χ2n) is 6.96. The first-order valence-corrected chi connectivity index (χ1v) is 9.22. The minimum Gasteiger partial charge on any atom is -0.365 e. The van der Waals surface area contributed by atoms with Gasteiger partial charge in [-0.1, -0.05) is 0 Å². The Bertz CT molecular complexity index is 960. The van der Waals surface area contributed by atoms with Crippen LogP contribution in [0.4, 0.5) is 0 Å². The van der Waals surface area contributed by atoms with Gasteiger partial charge in [0.2, 0.25) is 5.91 Å². The van der Waals surface area contributed by atoms with Crippen LogP contribution in [-0.4, -0.2) is 62.3 Å². The zero-order valence-corrected chi connectivity index (χ0v) is 15.4. The highest BCUT2D eigenvalue weighted by Gasteiger charge is 2.23. The molecule has 0 radical (unpaired) electrons. The van der Waals surface area contributed by atoms with Crippen LogP contribution in [0.1, 0.15) is 22.5 Å². The Hall–Kier alpha value is -3.09. The molecule has 7 nitrogen and oxygen atoms in total. The lowest BCUT2D eigenvalue weighted by molar-refractivity contribution is -0.130. The predicted octanol–water partition coefficient (Wildman–Crippen LogP) is 1.82. The van der Waals surface area contributed by atoms with E-state index in [2.05, 4.69) is 9.97 Å². The number of fused-ring (bicyclic) bond motifs is 1. The summed E-state index contributed by atoms with van der Waals surface area (Å²) >= 11 is 0. The number of amides is 2. The molecule has 4 rings (SSSR count). The molecule has 0 spiro atoms. The minimum absolute atomic E-state index is 0.00113. The van der Waals surface area contributed by atoms with Crippen LogP contribution in [0.2, 0.25) is 0 Å². The summed E-state index contributed by atoms with van der Waals surface area (Å²) in [6.07, 6.45) is 4.73. The van der Waals surface area contributed by atoms with Gasteiger partial charge in [-0.05, 0) is 36.8 Å². The number of nitrogens with zero attached hydrogens (tertiary/aromatic N) is 4. The van der Waals surface area contributed by atoms with E-state index in [1.54, 1.807) is 6.33 Å². The van der Waals surface area contributed by atoms with E-state index in [0.29, 0.717) is 38.2 Å². The van der Waals surface area contributed by atoms with Gasteiger partial charge in [0.05, 0.1) is 23.8 Å². The van der Waals surface area contributed by atoms with Gasteiger partial charge in [0.1, 0.15) is 0 Å². The van der Waals surface area contributed by atoms with Gasteiger partial charge in [-0.2, -0.15) is 0 Å². The van der Waals surface area contributed by atoms with Crippen molar-refractivity contribution in [2.24, 2.45) is 7.05 Å². The first kappa shape index (κ1) is 17.3. The van der Waals surface area contributed by atoms with Crippen LogP contribution in [0, 0.1) is 0 Å². The molecule has 0 bridgehead atoms. The van der Waals surface area contributed by atoms with Gasteiger partial charge in [-0.15, -0.1) is 0 Å². The van der Waals surface area contributed by atoms with Crippen LogP contribution in [0.5, 0.6) is 0 Å². The number of imidazole rings is 1. The van der Waals surface area contributed by atoms with Crippen molar-refractivity contribution < 1.29 is 9.59 Å². The molecule has 0 saturated carbocycles. The summed E-state index contributed by atoms with van der Waals surface area (Å²) in [5, 5.41) is 0. The van der Waals surface area contributed by atoms with Gasteiger partial charge < -0.3 is 19.4 Å². The van der Waals surface area contributed by atoms with E-state index in [1.807, 2.05) is 57.9 Å². The number of H-pyrrole nitrogens is 1. The van der Waals surface area contributed by atoms with E-state index >= 15 is 0 Å². The lowest BCUT2D eigenvalue weighted by atomic mass is 10.1. The fourth-order valence-electron chi connectivity index (χ4n) is 3.57. The maximum atomic E-state index is 12.9. The summed E-state index contributed by atoms with van der Waals surface area (Å²) in [4.78, 5) is 36.5. The molecule has 1 aromatic carbocycles. The van der Waals surface area contributed by atoms with Crippen molar-refractivity contribution in [2.45, 2.75) is 12.8 Å². The normalized spacial score (nSPS) is 15.1. The molecule has 1 saturated heterocycles. The minimum atomic E-state index is 0.00113. The van der Waals surface area contributed by atoms with Gasteiger partial charge >= 0.3 is 0 Å². The van der Waals surface area contributed by atoms with Crippen LogP contribution < -0.4 is 0 Å². The lowest BCUT2D eigenvalue weighted by Gasteiger charge is -2.22. The van der Waals surface area contributed by atoms with Crippen LogP contribution in [-0.2, 0) is 18.3 Å². The second-order valence-corrected chi connectivity index (χ2v) is 6.96. The smallest absolute Gasteiger partial charge is 0.253 e. The maximum absolute atomic E-state index is 12.9. The van der Waals surface area contributed by atoms with E-state index < -0.39 is 0 Å². The van der Waals surface area contributed by atoms with Gasteiger partial charge in [0, 0.05) is 50.7 Å². The van der Waals surface area contributed by atoms with Gasteiger partial charge in [-0.3, -0.25) is 9.59 Å². The fourth-order valence-corrected chi connectivity index (χ4v) is 3.57. The van der Waals surface area contributed by atoms with Crippen LogP contribution in [0.25, 0.3) is 11.0 Å². The van der Waals surface area contributed by atoms with Crippen molar-refractivity contribution in [3.05, 3.63) is 54.1 Å². The molecule has 140 valence electrons. The molecule has 0 unspecified atom stereocenters. The maximum Gasteiger partial charge on any atom is 0.253 e. The van der Waals surface area contributed by atoms with Crippen molar-refractivity contribution >= 4 is 22.8 Å². The molecule has 1 aliphatic rings. The Kier molecular flexibility index (Phi) is 4.66. The Morgan fingerprint density at radius 1 is 1.11 bits per heavy atom. The number of hydrogen-bond acceptors (Lipinski definition) is 3. The van der Waals surface area contributed by atoms with E-state index in [1.165, 1.54) is 0 Å². The average molecular weight is 365 g/mol. The SMILES string of the molecule is Cn1cnc2cc(C(=O)N3CCCN(C(=O)Cc4ccc[nH]4)CC3)ccc21. The first-order chi connectivity index (χ1) is 13.1. The number of aromatic nitrogens is 3. The lowest BCUT2D eigenvalue weighted by Crippen LogP contribution is -2.38. The highest BCUT2D eigenvalue weighted by molar-refractivity contribution is 5.97. The van der Waals surface area contributed by atoms with Crippen molar-refractivity contribution in [1.29, 1.82) is 0 Å². The van der Waals surface area contributed by atoms with Crippen molar-refractivity contribution in [1.82, 2.24) is 24.3 Å². The number of aryl methyl sites for hydroxylation is 1. The summed E-state index contributed by atoms with van der Waals surface area (Å²) in [7, 11) is 1.93. The van der Waals surface area contributed by atoms with E-state index in [0.717, 1.165) is 23.1 Å². The second kappa shape index (κ2) is 7.26. The molecule has 2 aromatic heterocycles. The van der Waals surface area contributed by atoms with Crippen LogP contribution in [0.15, 0.2) is 42.9 Å². The zero-order valence-electron chi connectivity index (χ0n) is 15.4. The number of rotatable bonds is 3. The molecule has 27 heavy (non-hydrogen) atoms. The molecular weight excluding hydrogens is 342 g/mol. The highest BCUT2D eigenvalue weighted by atomic mass is 16.2. The molecule has 0 atom stereocenters. The molecule has 3 aromatic rings. The Morgan fingerprint density at radius 2 is 1.93 bits per heavy atom. The predicted molar refractivity (Wildman–Crippen MR) is 102 cm³/mol. The molecular formula is C20H23N5O2. The monoisotopic (exact) mass is 365 g/mol. The number of carbonyl (C=O) groups is 2. The summed E-state index contributed by atoms with van der Waals surface area (Å²) in [6, 6.07) is 9.44. The third kappa shape index (κ3) is 3.58. The molecule has 0 aliphatic carbocycles. The van der Waals surface area contributed by atoms with Crippen molar-refractivity contribution in [3.63, 3.8) is 0 Å². The Labute approximate surface area is 157 Å². The summed E-state index contributed by atoms with van der Waals surface area (Å²) in [5.74, 6) is 0.0999. The van der Waals surface area contributed by atoms with Crippen molar-refractivity contribution in [3.8, 4) is 0 Å². The Balaban J connectivity index is 1.42. The molecule has 1 N–H and O–H groups in total. The number of aromatic amines is 1. The molecule has 2 amide bonds. The molecule has 7 heteroatoms. The Morgan fingerprint density at radius 3 is 2.74 bits per heavy atom. The number of hydrogen-bond donors (Lipinski definition) is 1. The molecule has 1 aliphatic heterocycles. The quantitative estimate of drug-likeness (QED) is 0.769. The van der Waals surface area contributed by atoms with E-state index in [-0.39, 0.29) is 11.8 Å².